The van der Waals surface area contributed by atoms with Gasteiger partial charge in [-0.25, -0.2) is 0 Å². The number of benzene rings is 1. The topological polar surface area (TPSA) is 83.6 Å². The van der Waals surface area contributed by atoms with Crippen molar-refractivity contribution >= 4 is 23.4 Å². The van der Waals surface area contributed by atoms with E-state index in [2.05, 4.69) is 0 Å². The molecule has 2 amide bonds. The van der Waals surface area contributed by atoms with Crippen LogP contribution in [0.1, 0.15) is 28.8 Å². The van der Waals surface area contributed by atoms with Crippen LogP contribution in [0.3, 0.4) is 0 Å². The van der Waals surface area contributed by atoms with E-state index in [1.165, 1.54) is 4.90 Å². The highest BCUT2D eigenvalue weighted by Gasteiger charge is 2.40. The predicted octanol–water partition coefficient (Wildman–Crippen LogP) is 1.10. The Labute approximate surface area is 122 Å². The molecule has 1 heterocycles. The van der Waals surface area contributed by atoms with Crippen LogP contribution in [-0.4, -0.2) is 40.5 Å². The quantitative estimate of drug-likeness (QED) is 0.857. The first-order valence-corrected chi connectivity index (χ1v) is 6.79. The Morgan fingerprint density at radius 2 is 2.15 bits per heavy atom. The zero-order valence-corrected chi connectivity index (χ0v) is 12.0. The first kappa shape index (κ1) is 14.8. The molecule has 1 aliphatic heterocycles. The predicted molar refractivity (Wildman–Crippen MR) is 75.5 cm³/mol. The number of likely N-dealkylation sites (tertiary alicyclic amines) is 1. The number of β-amino-alcohol motifs (C(OH)–C–C–N with tert-alkyl or cyclic N) is 1. The van der Waals surface area contributed by atoms with E-state index in [1.54, 1.807) is 18.2 Å². The summed E-state index contributed by atoms with van der Waals surface area (Å²) < 4.78 is 0. The second-order valence-electron chi connectivity index (χ2n) is 5.19. The van der Waals surface area contributed by atoms with E-state index in [9.17, 15) is 14.7 Å². The minimum absolute atomic E-state index is 0.0666. The fraction of sp³-hybridized carbons (Fsp3) is 0.429. The number of carbonyl (C=O) groups excluding carboxylic acids is 2. The van der Waals surface area contributed by atoms with Crippen molar-refractivity contribution in [3.8, 4) is 0 Å². The number of aliphatic hydroxyl groups is 1. The van der Waals surface area contributed by atoms with Crippen LogP contribution in [-0.2, 0) is 4.79 Å². The summed E-state index contributed by atoms with van der Waals surface area (Å²) in [5, 5.41) is 10.7. The van der Waals surface area contributed by atoms with Crippen molar-refractivity contribution in [2.75, 3.05) is 13.1 Å². The molecule has 0 aromatic heterocycles. The number of piperidine rings is 1. The van der Waals surface area contributed by atoms with E-state index in [-0.39, 0.29) is 18.9 Å². The molecule has 1 fully saturated rings. The van der Waals surface area contributed by atoms with E-state index in [4.69, 9.17) is 17.3 Å². The Balaban J connectivity index is 2.20. The average molecular weight is 297 g/mol. The monoisotopic (exact) mass is 296 g/mol. The van der Waals surface area contributed by atoms with Crippen LogP contribution in [0, 0.1) is 6.92 Å². The molecule has 1 aliphatic rings. The van der Waals surface area contributed by atoms with Crippen molar-refractivity contribution < 1.29 is 14.7 Å². The van der Waals surface area contributed by atoms with Crippen molar-refractivity contribution in [3.63, 3.8) is 0 Å². The Morgan fingerprint density at radius 3 is 2.75 bits per heavy atom. The highest BCUT2D eigenvalue weighted by Crippen LogP contribution is 2.23. The van der Waals surface area contributed by atoms with Gasteiger partial charge in [0.15, 0.2) is 5.60 Å². The van der Waals surface area contributed by atoms with Crippen molar-refractivity contribution in [1.82, 2.24) is 4.90 Å². The summed E-state index contributed by atoms with van der Waals surface area (Å²) in [6, 6.07) is 4.99. The molecule has 0 bridgehead atoms. The van der Waals surface area contributed by atoms with Gasteiger partial charge in [-0.05, 0) is 43.5 Å². The number of hydrogen-bond donors (Lipinski definition) is 2. The molecule has 1 saturated heterocycles. The van der Waals surface area contributed by atoms with Crippen molar-refractivity contribution in [1.29, 1.82) is 0 Å². The van der Waals surface area contributed by atoms with Gasteiger partial charge in [0.25, 0.3) is 11.8 Å². The molecule has 3 N–H and O–H groups in total. The van der Waals surface area contributed by atoms with E-state index in [0.29, 0.717) is 23.6 Å². The number of primary amides is 1. The second kappa shape index (κ2) is 5.42. The molecule has 1 atom stereocenters. The number of aryl methyl sites for hydroxylation is 1. The summed E-state index contributed by atoms with van der Waals surface area (Å²) in [6.07, 6.45) is 0.823. The highest BCUT2D eigenvalue weighted by molar-refractivity contribution is 6.31. The third-order valence-corrected chi connectivity index (χ3v) is 4.05. The first-order chi connectivity index (χ1) is 9.33. The van der Waals surface area contributed by atoms with E-state index in [1.807, 2.05) is 6.92 Å². The van der Waals surface area contributed by atoms with Crippen LogP contribution in [0.4, 0.5) is 0 Å². The summed E-state index contributed by atoms with van der Waals surface area (Å²) in [5.41, 5.74) is 4.86. The third kappa shape index (κ3) is 2.78. The molecule has 1 aromatic carbocycles. The Kier molecular flexibility index (Phi) is 4.01. The van der Waals surface area contributed by atoms with Crippen LogP contribution >= 0.6 is 11.6 Å². The van der Waals surface area contributed by atoms with Gasteiger partial charge in [0.05, 0.1) is 6.54 Å². The van der Waals surface area contributed by atoms with Gasteiger partial charge in [-0.3, -0.25) is 9.59 Å². The van der Waals surface area contributed by atoms with E-state index >= 15 is 0 Å². The summed E-state index contributed by atoms with van der Waals surface area (Å²) >= 11 is 5.93. The molecule has 0 radical (unpaired) electrons. The largest absolute Gasteiger partial charge is 0.378 e. The molecular weight excluding hydrogens is 280 g/mol. The average Bonchev–Trinajstić information content (AvgIpc) is 2.41. The van der Waals surface area contributed by atoms with Gasteiger partial charge in [-0.1, -0.05) is 11.6 Å². The summed E-state index contributed by atoms with van der Waals surface area (Å²) in [6.45, 7) is 2.24. The molecule has 0 spiro atoms. The number of rotatable bonds is 2. The van der Waals surface area contributed by atoms with Crippen LogP contribution in [0.15, 0.2) is 18.2 Å². The van der Waals surface area contributed by atoms with Crippen molar-refractivity contribution in [3.05, 3.63) is 34.3 Å². The summed E-state index contributed by atoms with van der Waals surface area (Å²) in [5.74, 6) is -1.02. The van der Waals surface area contributed by atoms with E-state index in [0.717, 1.165) is 5.56 Å². The Bertz CT molecular complexity index is 561. The van der Waals surface area contributed by atoms with Gasteiger partial charge in [0, 0.05) is 17.1 Å². The van der Waals surface area contributed by atoms with Crippen LogP contribution < -0.4 is 5.73 Å². The fourth-order valence-electron chi connectivity index (χ4n) is 2.37. The van der Waals surface area contributed by atoms with Gasteiger partial charge in [-0.2, -0.15) is 0 Å². The summed E-state index contributed by atoms with van der Waals surface area (Å²) in [4.78, 5) is 25.1. The maximum Gasteiger partial charge on any atom is 0.253 e. The molecule has 20 heavy (non-hydrogen) atoms. The summed E-state index contributed by atoms with van der Waals surface area (Å²) in [7, 11) is 0. The van der Waals surface area contributed by atoms with Crippen molar-refractivity contribution in [2.24, 2.45) is 5.73 Å². The Morgan fingerprint density at radius 1 is 1.45 bits per heavy atom. The zero-order chi connectivity index (χ0) is 14.9. The third-order valence-electron chi connectivity index (χ3n) is 3.62. The highest BCUT2D eigenvalue weighted by atomic mass is 35.5. The fourth-order valence-corrected chi connectivity index (χ4v) is 2.49. The minimum Gasteiger partial charge on any atom is -0.378 e. The first-order valence-electron chi connectivity index (χ1n) is 6.41. The molecular formula is C14H17ClN2O3. The van der Waals surface area contributed by atoms with Crippen molar-refractivity contribution in [2.45, 2.75) is 25.4 Å². The van der Waals surface area contributed by atoms with Crippen LogP contribution in [0.5, 0.6) is 0 Å². The molecule has 108 valence electrons. The molecule has 0 saturated carbocycles. The Hall–Kier alpha value is -1.59. The van der Waals surface area contributed by atoms with Gasteiger partial charge < -0.3 is 15.7 Å². The number of hydrogen-bond acceptors (Lipinski definition) is 3. The maximum atomic E-state index is 12.4. The number of nitrogens with zero attached hydrogens (tertiary/aromatic N) is 1. The number of halogens is 1. The lowest BCUT2D eigenvalue weighted by Crippen LogP contribution is -2.57. The lowest BCUT2D eigenvalue weighted by atomic mass is 9.91. The lowest BCUT2D eigenvalue weighted by Gasteiger charge is -2.37. The number of amides is 2. The molecule has 1 aromatic rings. The van der Waals surface area contributed by atoms with Gasteiger partial charge in [-0.15, -0.1) is 0 Å². The van der Waals surface area contributed by atoms with Gasteiger partial charge in [0.2, 0.25) is 0 Å². The SMILES string of the molecule is Cc1cc(C(=O)N2CCC[C@@](O)(C(N)=O)C2)ccc1Cl. The van der Waals surface area contributed by atoms with Gasteiger partial charge >= 0.3 is 0 Å². The van der Waals surface area contributed by atoms with E-state index < -0.39 is 11.5 Å². The normalized spacial score (nSPS) is 22.6. The van der Waals surface area contributed by atoms with Gasteiger partial charge in [0.1, 0.15) is 0 Å². The minimum atomic E-state index is -1.63. The standard InChI is InChI=1S/C14H17ClN2O3/c1-9-7-10(3-4-11(9)15)12(18)17-6-2-5-14(20,8-17)13(16)19/h3-4,7,20H,2,5-6,8H2,1H3,(H2,16,19)/t14-/m0/s1. The van der Waals surface area contributed by atoms with Crippen LogP contribution in [0.25, 0.3) is 0 Å². The van der Waals surface area contributed by atoms with Crippen LogP contribution in [0.2, 0.25) is 5.02 Å². The molecule has 0 unspecified atom stereocenters. The zero-order valence-electron chi connectivity index (χ0n) is 11.2. The lowest BCUT2D eigenvalue weighted by molar-refractivity contribution is -0.140. The molecule has 6 heteroatoms. The molecule has 2 rings (SSSR count). The molecule has 0 aliphatic carbocycles. The number of nitrogens with two attached hydrogens (primary N) is 1. The molecule has 5 nitrogen and oxygen atoms in total. The smallest absolute Gasteiger partial charge is 0.253 e. The second-order valence-corrected chi connectivity index (χ2v) is 5.60. The number of carbonyl (C=O) groups is 2. The maximum absolute atomic E-state index is 12.4.